The van der Waals surface area contributed by atoms with E-state index in [2.05, 4.69) is 10.4 Å². The maximum Gasteiger partial charge on any atom is 0.435 e. The number of hydrogen-bond donors (Lipinski definition) is 2. The van der Waals surface area contributed by atoms with Gasteiger partial charge in [-0.05, 0) is 43.9 Å². The van der Waals surface area contributed by atoms with Gasteiger partial charge in [-0.1, -0.05) is 0 Å². The summed E-state index contributed by atoms with van der Waals surface area (Å²) in [6.45, 7) is -0.547. The molecule has 0 spiro atoms. The first-order valence-corrected chi connectivity index (χ1v) is 10.6. The summed E-state index contributed by atoms with van der Waals surface area (Å²) >= 11 is 0. The molecule has 0 radical (unpaired) electrons. The minimum Gasteiger partial charge on any atom is -0.466 e. The summed E-state index contributed by atoms with van der Waals surface area (Å²) in [6.07, 6.45) is -2.81. The predicted molar refractivity (Wildman–Crippen MR) is 111 cm³/mol. The van der Waals surface area contributed by atoms with Crippen molar-refractivity contribution in [1.82, 2.24) is 14.7 Å². The summed E-state index contributed by atoms with van der Waals surface area (Å²) in [7, 11) is 1.13. The van der Waals surface area contributed by atoms with Gasteiger partial charge in [0.1, 0.15) is 11.5 Å². The second-order valence-electron chi connectivity index (χ2n) is 7.97. The van der Waals surface area contributed by atoms with Crippen molar-refractivity contribution in [3.05, 3.63) is 52.2 Å². The number of benzene rings is 1. The lowest BCUT2D eigenvalue weighted by Gasteiger charge is -2.18. The average Bonchev–Trinajstić information content (AvgIpc) is 3.33. The van der Waals surface area contributed by atoms with Crippen LogP contribution < -0.4 is 5.32 Å². The zero-order chi connectivity index (χ0) is 24.6. The van der Waals surface area contributed by atoms with Gasteiger partial charge in [0.25, 0.3) is 5.91 Å². The van der Waals surface area contributed by atoms with Gasteiger partial charge in [0, 0.05) is 17.8 Å². The number of carbonyl (C=O) groups excluding carboxylic acids is 2. The molecule has 1 aliphatic carbocycles. The Kier molecular flexibility index (Phi) is 6.34. The minimum absolute atomic E-state index is 0.0415. The Bertz CT molecular complexity index is 1170. The summed E-state index contributed by atoms with van der Waals surface area (Å²) in [5.74, 6) is -2.14. The van der Waals surface area contributed by atoms with E-state index in [1.165, 1.54) is 11.0 Å². The number of fused-ring (bicyclic) bond motifs is 1. The average molecular weight is 482 g/mol. The molecule has 1 aromatic heterocycles. The molecule has 4 rings (SSSR count). The van der Waals surface area contributed by atoms with E-state index in [9.17, 15) is 32.3 Å². The Balaban J connectivity index is 1.83. The summed E-state index contributed by atoms with van der Waals surface area (Å²) in [5.41, 5.74) is -0.707. The number of aliphatic hydroxyl groups excluding tert-OH is 1. The first-order valence-electron chi connectivity index (χ1n) is 10.6. The maximum absolute atomic E-state index is 14.2. The molecule has 1 aliphatic heterocycles. The van der Waals surface area contributed by atoms with Gasteiger partial charge in [-0.15, -0.1) is 0 Å². The molecule has 1 amide bonds. The first-order chi connectivity index (χ1) is 16.2. The largest absolute Gasteiger partial charge is 0.466 e. The van der Waals surface area contributed by atoms with Crippen LogP contribution in [0.3, 0.4) is 0 Å². The second-order valence-corrected chi connectivity index (χ2v) is 7.97. The van der Waals surface area contributed by atoms with Crippen molar-refractivity contribution in [1.29, 1.82) is 0 Å². The third kappa shape index (κ3) is 4.25. The molecule has 2 heterocycles. The molecule has 8 nitrogen and oxygen atoms in total. The number of alkyl halides is 3. The Hall–Kier alpha value is -3.41. The van der Waals surface area contributed by atoms with Crippen LogP contribution in [0.25, 0.3) is 5.69 Å². The second kappa shape index (κ2) is 9.09. The molecule has 182 valence electrons. The van der Waals surface area contributed by atoms with E-state index in [1.807, 2.05) is 0 Å². The van der Waals surface area contributed by atoms with E-state index in [-0.39, 0.29) is 54.3 Å². The summed E-state index contributed by atoms with van der Waals surface area (Å²) in [6, 6.07) is 3.36. The highest BCUT2D eigenvalue weighted by Gasteiger charge is 2.40. The molecule has 0 saturated heterocycles. The molecule has 2 N–H and O–H groups in total. The third-order valence-electron chi connectivity index (χ3n) is 5.85. The quantitative estimate of drug-likeness (QED) is 0.486. The fraction of sp³-hybridized carbons (Fsp3) is 0.409. The zero-order valence-corrected chi connectivity index (χ0v) is 18.2. The number of methoxy groups -OCH3 is 1. The van der Waals surface area contributed by atoms with Gasteiger partial charge in [0.15, 0.2) is 5.69 Å². The third-order valence-corrected chi connectivity index (χ3v) is 5.85. The van der Waals surface area contributed by atoms with Gasteiger partial charge < -0.3 is 20.1 Å². The van der Waals surface area contributed by atoms with Gasteiger partial charge in [-0.3, -0.25) is 4.79 Å². The van der Waals surface area contributed by atoms with Crippen molar-refractivity contribution in [3.8, 4) is 5.69 Å². The van der Waals surface area contributed by atoms with E-state index in [0.717, 1.165) is 23.9 Å². The number of amides is 1. The molecule has 2 aliphatic rings. The molecule has 34 heavy (non-hydrogen) atoms. The highest BCUT2D eigenvalue weighted by Crippen LogP contribution is 2.38. The van der Waals surface area contributed by atoms with Crippen molar-refractivity contribution < 1.29 is 37.0 Å². The van der Waals surface area contributed by atoms with E-state index in [1.54, 1.807) is 0 Å². The van der Waals surface area contributed by atoms with Gasteiger partial charge in [-0.25, -0.2) is 13.9 Å². The summed E-state index contributed by atoms with van der Waals surface area (Å²) < 4.78 is 61.1. The van der Waals surface area contributed by atoms with Gasteiger partial charge >= 0.3 is 12.1 Å². The van der Waals surface area contributed by atoms with Gasteiger partial charge in [0.2, 0.25) is 0 Å². The number of halogens is 4. The lowest BCUT2D eigenvalue weighted by Crippen LogP contribution is -2.31. The number of carbonyl (C=O) groups is 2. The number of aromatic nitrogens is 2. The van der Waals surface area contributed by atoms with E-state index in [0.29, 0.717) is 25.0 Å². The molecule has 0 fully saturated rings. The van der Waals surface area contributed by atoms with Crippen molar-refractivity contribution in [2.75, 3.05) is 32.1 Å². The Morgan fingerprint density at radius 2 is 2.00 bits per heavy atom. The first kappa shape index (κ1) is 23.7. The number of ether oxygens (including phenoxy) is 1. The Morgan fingerprint density at radius 3 is 2.68 bits per heavy atom. The number of anilines is 1. The molecule has 12 heteroatoms. The maximum atomic E-state index is 14.2. The van der Waals surface area contributed by atoms with E-state index >= 15 is 0 Å². The van der Waals surface area contributed by atoms with Crippen molar-refractivity contribution in [3.63, 3.8) is 0 Å². The number of rotatable bonds is 6. The lowest BCUT2D eigenvalue weighted by atomic mass is 9.95. The number of β-amino-alcohol motifs (C(OH)–C–C–N with tert-alkyl or cyclic N) is 1. The van der Waals surface area contributed by atoms with Gasteiger partial charge in [0.05, 0.1) is 37.2 Å². The van der Waals surface area contributed by atoms with Crippen LogP contribution in [0, 0.1) is 5.82 Å². The van der Waals surface area contributed by atoms with E-state index in [4.69, 9.17) is 4.74 Å². The van der Waals surface area contributed by atoms with Crippen molar-refractivity contribution >= 4 is 17.6 Å². The predicted octanol–water partition coefficient (Wildman–Crippen LogP) is 2.58. The number of nitrogens with zero attached hydrogens (tertiary/aromatic N) is 3. The molecule has 1 aromatic carbocycles. The van der Waals surface area contributed by atoms with E-state index < -0.39 is 29.6 Å². The fourth-order valence-electron chi connectivity index (χ4n) is 4.30. The topological polar surface area (TPSA) is 96.7 Å². The number of esters is 1. The Morgan fingerprint density at radius 1 is 1.26 bits per heavy atom. The number of hydrogen-bond acceptors (Lipinski definition) is 6. The van der Waals surface area contributed by atoms with Crippen molar-refractivity contribution in [2.45, 2.75) is 31.9 Å². The summed E-state index contributed by atoms with van der Waals surface area (Å²) in [4.78, 5) is 26.3. The molecule has 0 unspecified atom stereocenters. The highest BCUT2D eigenvalue weighted by atomic mass is 19.4. The SMILES string of the molecule is COC(=O)C1=C(Nc2cc(F)ccc2-n2nc(C(F)(F)F)c3c2CCCC3)C(=O)N(CCO)C1. The molecular formula is C22H22F4N4O4. The molecule has 0 bridgehead atoms. The van der Waals surface area contributed by atoms with Crippen LogP contribution in [-0.4, -0.2) is 58.5 Å². The van der Waals surface area contributed by atoms with Crippen LogP contribution >= 0.6 is 0 Å². The monoisotopic (exact) mass is 482 g/mol. The fourth-order valence-corrected chi connectivity index (χ4v) is 4.30. The zero-order valence-electron chi connectivity index (χ0n) is 18.2. The van der Waals surface area contributed by atoms with Crippen LogP contribution in [0.4, 0.5) is 23.2 Å². The minimum atomic E-state index is -4.66. The molecule has 2 aromatic rings. The lowest BCUT2D eigenvalue weighted by molar-refractivity contribution is -0.142. The normalized spacial score (nSPS) is 16.2. The van der Waals surface area contributed by atoms with Crippen LogP contribution in [-0.2, 0) is 33.3 Å². The smallest absolute Gasteiger partial charge is 0.435 e. The standard InChI is InChI=1S/C22H22F4N4O4/c1-34-21(33)14-11-29(8-9-31)20(32)18(14)27-15-10-12(23)6-7-17(15)30-16-5-3-2-4-13(16)19(28-30)22(24,25)26/h6-7,10,27,31H,2-5,8-9,11H2,1H3. The van der Waals surface area contributed by atoms with Crippen LogP contribution in [0.15, 0.2) is 29.5 Å². The molecular weight excluding hydrogens is 460 g/mol. The van der Waals surface area contributed by atoms with Gasteiger partial charge in [-0.2, -0.15) is 18.3 Å². The number of nitrogens with one attached hydrogen (secondary N) is 1. The summed E-state index contributed by atoms with van der Waals surface area (Å²) in [5, 5.41) is 15.8. The van der Waals surface area contributed by atoms with Crippen molar-refractivity contribution in [2.24, 2.45) is 0 Å². The molecule has 0 atom stereocenters. The Labute approximate surface area is 191 Å². The highest BCUT2D eigenvalue weighted by molar-refractivity contribution is 6.08. The number of aliphatic hydroxyl groups is 1. The molecule has 0 saturated carbocycles. The van der Waals surface area contributed by atoms with Crippen LogP contribution in [0.1, 0.15) is 29.8 Å². The van der Waals surface area contributed by atoms with Crippen LogP contribution in [0.2, 0.25) is 0 Å². The van der Waals surface area contributed by atoms with Crippen LogP contribution in [0.5, 0.6) is 0 Å².